The molecule has 2 aromatic rings. The molecule has 1 heterocycles. The Morgan fingerprint density at radius 1 is 1.41 bits per heavy atom. The van der Waals surface area contributed by atoms with Crippen LogP contribution in [0.25, 0.3) is 0 Å². The minimum atomic E-state index is 0.538. The molecule has 0 spiro atoms. The van der Waals surface area contributed by atoms with E-state index in [1.54, 1.807) is 18.1 Å². The van der Waals surface area contributed by atoms with E-state index in [9.17, 15) is 0 Å². The average molecular weight is 267 g/mol. The Morgan fingerprint density at radius 2 is 2.35 bits per heavy atom. The van der Waals surface area contributed by atoms with Gasteiger partial charge in [0.25, 0.3) is 0 Å². The Hall–Kier alpha value is -1.11. The summed E-state index contributed by atoms with van der Waals surface area (Å²) in [6.45, 7) is 1.19. The lowest BCUT2D eigenvalue weighted by molar-refractivity contribution is 0.343. The first-order chi connectivity index (χ1) is 8.38. The van der Waals surface area contributed by atoms with Crippen molar-refractivity contribution in [2.45, 2.75) is 10.9 Å². The number of benzene rings is 1. The van der Waals surface area contributed by atoms with Gasteiger partial charge in [0.15, 0.2) is 4.34 Å². The highest BCUT2D eigenvalue weighted by molar-refractivity contribution is 8.00. The van der Waals surface area contributed by atoms with Crippen LogP contribution in [0.4, 0.5) is 0 Å². The number of thioether (sulfide) groups is 1. The predicted octanol–water partition coefficient (Wildman–Crippen LogP) is 2.17. The summed E-state index contributed by atoms with van der Waals surface area (Å²) in [5, 5.41) is 0. The summed E-state index contributed by atoms with van der Waals surface area (Å²) in [4.78, 5) is 4.09. The van der Waals surface area contributed by atoms with Gasteiger partial charge in [0.2, 0.25) is 0 Å². The molecular weight excluding hydrogens is 254 g/mol. The molecule has 17 heavy (non-hydrogen) atoms. The van der Waals surface area contributed by atoms with Gasteiger partial charge in [-0.15, -0.1) is 0 Å². The van der Waals surface area contributed by atoms with Crippen LogP contribution in [-0.4, -0.2) is 21.7 Å². The lowest BCUT2D eigenvalue weighted by Crippen LogP contribution is -2.01. The van der Waals surface area contributed by atoms with E-state index >= 15 is 0 Å². The van der Waals surface area contributed by atoms with Crippen molar-refractivity contribution >= 4 is 23.3 Å². The van der Waals surface area contributed by atoms with Gasteiger partial charge in [0, 0.05) is 12.3 Å². The summed E-state index contributed by atoms with van der Waals surface area (Å²) in [5.41, 5.74) is 6.65. The van der Waals surface area contributed by atoms with Crippen LogP contribution >= 0.6 is 23.3 Å². The largest absolute Gasteiger partial charge is 0.493 e. The third kappa shape index (κ3) is 3.99. The molecular formula is C11H13N3OS2. The second-order valence-corrected chi connectivity index (χ2v) is 5.38. The van der Waals surface area contributed by atoms with Gasteiger partial charge in [-0.1, -0.05) is 23.9 Å². The third-order valence-corrected chi connectivity index (χ3v) is 3.81. The van der Waals surface area contributed by atoms with Gasteiger partial charge in [0.1, 0.15) is 12.1 Å². The standard InChI is InChI=1S/C11H13N3OS2/c12-7-9-2-1-3-10(6-9)15-4-5-16-11-13-8-14-17-11/h1-3,6,8H,4-5,7,12H2. The third-order valence-electron chi connectivity index (χ3n) is 2.05. The highest BCUT2D eigenvalue weighted by Gasteiger charge is 1.99. The minimum Gasteiger partial charge on any atom is -0.493 e. The van der Waals surface area contributed by atoms with Crippen molar-refractivity contribution in [2.75, 3.05) is 12.4 Å². The number of nitrogens with two attached hydrogens (primary N) is 1. The summed E-state index contributed by atoms with van der Waals surface area (Å²) >= 11 is 3.06. The van der Waals surface area contributed by atoms with Crippen LogP contribution in [0.2, 0.25) is 0 Å². The quantitative estimate of drug-likeness (QED) is 0.642. The summed E-state index contributed by atoms with van der Waals surface area (Å²) in [6, 6.07) is 7.85. The van der Waals surface area contributed by atoms with Crippen molar-refractivity contribution in [1.29, 1.82) is 0 Å². The number of nitrogens with zero attached hydrogens (tertiary/aromatic N) is 2. The molecule has 1 aromatic carbocycles. The van der Waals surface area contributed by atoms with Crippen LogP contribution in [0, 0.1) is 0 Å². The lowest BCUT2D eigenvalue weighted by Gasteiger charge is -2.06. The van der Waals surface area contributed by atoms with E-state index in [2.05, 4.69) is 9.36 Å². The second-order valence-electron chi connectivity index (χ2n) is 3.26. The zero-order chi connectivity index (χ0) is 11.9. The smallest absolute Gasteiger partial charge is 0.169 e. The van der Waals surface area contributed by atoms with Gasteiger partial charge >= 0.3 is 0 Å². The van der Waals surface area contributed by atoms with Crippen LogP contribution in [0.5, 0.6) is 5.75 Å². The molecule has 2 N–H and O–H groups in total. The summed E-state index contributed by atoms with van der Waals surface area (Å²) in [5.74, 6) is 1.73. The molecule has 0 unspecified atom stereocenters. The van der Waals surface area contributed by atoms with Gasteiger partial charge in [-0.3, -0.25) is 0 Å². The molecule has 0 amide bonds. The van der Waals surface area contributed by atoms with E-state index in [-0.39, 0.29) is 0 Å². The fourth-order valence-electron chi connectivity index (χ4n) is 1.28. The van der Waals surface area contributed by atoms with Crippen LogP contribution in [0.15, 0.2) is 34.9 Å². The Morgan fingerprint density at radius 3 is 3.12 bits per heavy atom. The van der Waals surface area contributed by atoms with Crippen molar-refractivity contribution in [2.24, 2.45) is 5.73 Å². The molecule has 2 rings (SSSR count). The van der Waals surface area contributed by atoms with Crippen LogP contribution < -0.4 is 10.5 Å². The maximum absolute atomic E-state index is 5.63. The highest BCUT2D eigenvalue weighted by atomic mass is 32.2. The summed E-state index contributed by atoms with van der Waals surface area (Å²) < 4.78 is 10.5. The molecule has 0 aliphatic carbocycles. The van der Waals surface area contributed by atoms with E-state index in [1.807, 2.05) is 24.3 Å². The van der Waals surface area contributed by atoms with Crippen molar-refractivity contribution in [3.63, 3.8) is 0 Å². The molecule has 0 saturated carbocycles. The SMILES string of the molecule is NCc1cccc(OCCSc2ncns2)c1. The molecule has 0 radical (unpaired) electrons. The molecule has 0 aliphatic heterocycles. The van der Waals surface area contributed by atoms with Gasteiger partial charge in [-0.2, -0.15) is 4.37 Å². The first-order valence-electron chi connectivity index (χ1n) is 5.20. The van der Waals surface area contributed by atoms with Crippen molar-refractivity contribution < 1.29 is 4.74 Å². The van der Waals surface area contributed by atoms with E-state index in [0.29, 0.717) is 13.2 Å². The normalized spacial score (nSPS) is 10.4. The highest BCUT2D eigenvalue weighted by Crippen LogP contribution is 2.18. The maximum atomic E-state index is 5.63. The molecule has 0 bridgehead atoms. The predicted molar refractivity (Wildman–Crippen MR) is 70.5 cm³/mol. The Labute approximate surface area is 108 Å². The van der Waals surface area contributed by atoms with Gasteiger partial charge in [0.05, 0.1) is 6.61 Å². The molecule has 0 saturated heterocycles. The average Bonchev–Trinajstić information content (AvgIpc) is 2.88. The lowest BCUT2D eigenvalue weighted by atomic mass is 10.2. The van der Waals surface area contributed by atoms with Crippen molar-refractivity contribution in [3.05, 3.63) is 36.2 Å². The maximum Gasteiger partial charge on any atom is 0.169 e. The molecule has 90 valence electrons. The minimum absolute atomic E-state index is 0.538. The van der Waals surface area contributed by atoms with E-state index in [0.717, 1.165) is 21.4 Å². The van der Waals surface area contributed by atoms with Gasteiger partial charge in [-0.25, -0.2) is 4.98 Å². The van der Waals surface area contributed by atoms with E-state index in [1.165, 1.54) is 11.5 Å². The molecule has 0 fully saturated rings. The second kappa shape index (κ2) is 6.58. The summed E-state index contributed by atoms with van der Waals surface area (Å²) in [6.07, 6.45) is 1.57. The van der Waals surface area contributed by atoms with Gasteiger partial charge < -0.3 is 10.5 Å². The van der Waals surface area contributed by atoms with Crippen molar-refractivity contribution in [3.8, 4) is 5.75 Å². The van der Waals surface area contributed by atoms with Crippen LogP contribution in [-0.2, 0) is 6.54 Å². The van der Waals surface area contributed by atoms with E-state index in [4.69, 9.17) is 10.5 Å². The number of hydrogen-bond acceptors (Lipinski definition) is 6. The number of hydrogen-bond donors (Lipinski definition) is 1. The van der Waals surface area contributed by atoms with Gasteiger partial charge in [-0.05, 0) is 29.2 Å². The van der Waals surface area contributed by atoms with E-state index < -0.39 is 0 Å². The molecule has 6 heteroatoms. The van der Waals surface area contributed by atoms with Crippen LogP contribution in [0.3, 0.4) is 0 Å². The summed E-state index contributed by atoms with van der Waals surface area (Å²) in [7, 11) is 0. The zero-order valence-corrected chi connectivity index (χ0v) is 10.8. The fraction of sp³-hybridized carbons (Fsp3) is 0.273. The van der Waals surface area contributed by atoms with Crippen LogP contribution in [0.1, 0.15) is 5.56 Å². The fourth-order valence-corrected chi connectivity index (χ4v) is 2.61. The zero-order valence-electron chi connectivity index (χ0n) is 9.20. The number of aromatic nitrogens is 2. The Kier molecular flexibility index (Phi) is 4.78. The molecule has 0 aliphatic rings. The first-order valence-corrected chi connectivity index (χ1v) is 6.95. The monoisotopic (exact) mass is 267 g/mol. The van der Waals surface area contributed by atoms with Crippen molar-refractivity contribution in [1.82, 2.24) is 9.36 Å². The number of rotatable bonds is 6. The number of ether oxygens (including phenoxy) is 1. The molecule has 0 atom stereocenters. The topological polar surface area (TPSA) is 61.0 Å². The first kappa shape index (κ1) is 12.3. The Balaban J connectivity index is 1.74. The molecule has 1 aromatic heterocycles. The molecule has 4 nitrogen and oxygen atoms in total. The Bertz CT molecular complexity index is 448.